The van der Waals surface area contributed by atoms with E-state index in [1.54, 1.807) is 0 Å². The zero-order valence-electron chi connectivity index (χ0n) is 11.0. The average molecular weight is 368 g/mol. The average Bonchev–Trinajstić information content (AvgIpc) is 2.41. The van der Waals surface area contributed by atoms with Crippen molar-refractivity contribution in [2.24, 2.45) is 10.7 Å². The van der Waals surface area contributed by atoms with Crippen LogP contribution in [0.4, 0.5) is 0 Å². The zero-order valence-corrected chi connectivity index (χ0v) is 13.3. The van der Waals surface area contributed by atoms with Gasteiger partial charge in [0.15, 0.2) is 5.96 Å². The molecule has 0 bridgehead atoms. The van der Waals surface area contributed by atoms with Crippen molar-refractivity contribution < 1.29 is 4.74 Å². The van der Waals surface area contributed by atoms with Crippen molar-refractivity contribution >= 4 is 29.9 Å². The number of hydrogen-bond donors (Lipinski definition) is 1. The highest BCUT2D eigenvalue weighted by molar-refractivity contribution is 14.0. The molecule has 0 unspecified atom stereocenters. The fraction of sp³-hybridized carbons (Fsp3) is 0.917. The van der Waals surface area contributed by atoms with Crippen LogP contribution in [0, 0.1) is 0 Å². The molecule has 0 saturated carbocycles. The van der Waals surface area contributed by atoms with Crippen molar-refractivity contribution in [2.75, 3.05) is 52.5 Å². The van der Waals surface area contributed by atoms with Crippen LogP contribution in [0.1, 0.15) is 19.3 Å². The van der Waals surface area contributed by atoms with Crippen molar-refractivity contribution in [2.45, 2.75) is 19.3 Å². The zero-order chi connectivity index (χ0) is 11.9. The van der Waals surface area contributed by atoms with Crippen LogP contribution in [0.5, 0.6) is 0 Å². The van der Waals surface area contributed by atoms with E-state index in [4.69, 9.17) is 10.5 Å². The summed E-state index contributed by atoms with van der Waals surface area (Å²) in [5.74, 6) is 0.734. The fourth-order valence-electron chi connectivity index (χ4n) is 2.35. The van der Waals surface area contributed by atoms with Crippen LogP contribution in [0.25, 0.3) is 0 Å². The Kier molecular flexibility index (Phi) is 7.92. The Labute approximate surface area is 127 Å². The summed E-state index contributed by atoms with van der Waals surface area (Å²) in [6.45, 7) is 7.72. The molecule has 0 atom stereocenters. The summed E-state index contributed by atoms with van der Waals surface area (Å²) in [5.41, 5.74) is 6.00. The third kappa shape index (κ3) is 5.27. The van der Waals surface area contributed by atoms with Gasteiger partial charge in [-0.15, -0.1) is 24.0 Å². The van der Waals surface area contributed by atoms with E-state index < -0.39 is 0 Å². The second-order valence-corrected chi connectivity index (χ2v) is 4.74. The van der Waals surface area contributed by atoms with Gasteiger partial charge in [-0.05, 0) is 19.3 Å². The standard InChI is InChI=1S/C12H24N4O.HI/c13-12(16-5-2-1-3-6-16)14-4-7-15-8-10-17-11-9-15;/h1-11H2,(H2,13,14);1H. The minimum absolute atomic E-state index is 0. The number of nitrogens with two attached hydrogens (primary N) is 1. The lowest BCUT2D eigenvalue weighted by atomic mass is 10.1. The Balaban J connectivity index is 0.00000162. The number of morpholine rings is 1. The Hall–Kier alpha value is -0.0800. The number of halogens is 1. The van der Waals surface area contributed by atoms with Crippen LogP contribution in [-0.4, -0.2) is 68.2 Å². The van der Waals surface area contributed by atoms with E-state index >= 15 is 0 Å². The summed E-state index contributed by atoms with van der Waals surface area (Å²) < 4.78 is 5.31. The lowest BCUT2D eigenvalue weighted by Gasteiger charge is -2.28. The number of likely N-dealkylation sites (tertiary alicyclic amines) is 1. The molecular formula is C12H25IN4O. The Bertz CT molecular complexity index is 250. The Morgan fingerprint density at radius 1 is 1.06 bits per heavy atom. The number of guanidine groups is 1. The molecule has 18 heavy (non-hydrogen) atoms. The van der Waals surface area contributed by atoms with Gasteiger partial charge >= 0.3 is 0 Å². The molecule has 0 aromatic rings. The van der Waals surface area contributed by atoms with E-state index in [0.717, 1.165) is 58.4 Å². The summed E-state index contributed by atoms with van der Waals surface area (Å²) >= 11 is 0. The summed E-state index contributed by atoms with van der Waals surface area (Å²) in [5, 5.41) is 0. The van der Waals surface area contributed by atoms with Crippen LogP contribution in [0.15, 0.2) is 4.99 Å². The second kappa shape index (κ2) is 8.92. The van der Waals surface area contributed by atoms with Crippen molar-refractivity contribution in [3.63, 3.8) is 0 Å². The lowest BCUT2D eigenvalue weighted by Crippen LogP contribution is -2.42. The predicted octanol–water partition coefficient (Wildman–Crippen LogP) is 0.737. The van der Waals surface area contributed by atoms with Gasteiger partial charge in [0, 0.05) is 32.7 Å². The molecule has 5 nitrogen and oxygen atoms in total. The summed E-state index contributed by atoms with van der Waals surface area (Å²) in [6.07, 6.45) is 3.83. The molecule has 2 fully saturated rings. The van der Waals surface area contributed by atoms with Gasteiger partial charge in [0.2, 0.25) is 0 Å². The van der Waals surface area contributed by atoms with E-state index in [-0.39, 0.29) is 24.0 Å². The molecule has 6 heteroatoms. The molecule has 0 radical (unpaired) electrons. The highest BCUT2D eigenvalue weighted by atomic mass is 127. The van der Waals surface area contributed by atoms with Crippen LogP contribution < -0.4 is 5.73 Å². The monoisotopic (exact) mass is 368 g/mol. The van der Waals surface area contributed by atoms with Crippen molar-refractivity contribution in [3.05, 3.63) is 0 Å². The van der Waals surface area contributed by atoms with Gasteiger partial charge in [-0.25, -0.2) is 0 Å². The Morgan fingerprint density at radius 2 is 1.72 bits per heavy atom. The van der Waals surface area contributed by atoms with Crippen molar-refractivity contribution in [3.8, 4) is 0 Å². The molecule has 2 N–H and O–H groups in total. The third-order valence-electron chi connectivity index (χ3n) is 3.47. The molecule has 2 rings (SSSR count). The molecule has 0 aromatic carbocycles. The van der Waals surface area contributed by atoms with E-state index in [0.29, 0.717) is 0 Å². The highest BCUT2D eigenvalue weighted by Crippen LogP contribution is 2.07. The molecular weight excluding hydrogens is 343 g/mol. The lowest BCUT2D eigenvalue weighted by molar-refractivity contribution is 0.0394. The van der Waals surface area contributed by atoms with Gasteiger partial charge in [-0.1, -0.05) is 0 Å². The first-order valence-corrected chi connectivity index (χ1v) is 6.71. The number of hydrogen-bond acceptors (Lipinski definition) is 3. The normalized spacial score (nSPS) is 22.7. The first kappa shape index (κ1) is 16.0. The largest absolute Gasteiger partial charge is 0.379 e. The summed E-state index contributed by atoms with van der Waals surface area (Å²) in [6, 6.07) is 0. The van der Waals surface area contributed by atoms with Gasteiger partial charge in [-0.3, -0.25) is 9.89 Å². The minimum atomic E-state index is 0. The SMILES string of the molecule is I.NC(=NCCN1CCOCC1)N1CCCCC1. The molecule has 2 heterocycles. The third-order valence-corrected chi connectivity index (χ3v) is 3.47. The van der Waals surface area contributed by atoms with Crippen LogP contribution in [-0.2, 0) is 4.74 Å². The first-order valence-electron chi connectivity index (χ1n) is 6.71. The van der Waals surface area contributed by atoms with Crippen molar-refractivity contribution in [1.29, 1.82) is 0 Å². The smallest absolute Gasteiger partial charge is 0.191 e. The van der Waals surface area contributed by atoms with Gasteiger partial charge in [0.05, 0.1) is 19.8 Å². The van der Waals surface area contributed by atoms with Gasteiger partial charge in [0.1, 0.15) is 0 Å². The molecule has 2 aliphatic heterocycles. The van der Waals surface area contributed by atoms with E-state index in [1.165, 1.54) is 19.3 Å². The molecule has 0 aromatic heterocycles. The van der Waals surface area contributed by atoms with Crippen LogP contribution in [0.3, 0.4) is 0 Å². The number of nitrogens with zero attached hydrogens (tertiary/aromatic N) is 3. The van der Waals surface area contributed by atoms with E-state index in [9.17, 15) is 0 Å². The number of aliphatic imine (C=N–C) groups is 1. The van der Waals surface area contributed by atoms with Crippen molar-refractivity contribution in [1.82, 2.24) is 9.80 Å². The predicted molar refractivity (Wildman–Crippen MR) is 84.6 cm³/mol. The minimum Gasteiger partial charge on any atom is -0.379 e. The van der Waals surface area contributed by atoms with Crippen LogP contribution in [0.2, 0.25) is 0 Å². The van der Waals surface area contributed by atoms with E-state index in [2.05, 4.69) is 14.8 Å². The van der Waals surface area contributed by atoms with Crippen LogP contribution >= 0.6 is 24.0 Å². The summed E-state index contributed by atoms with van der Waals surface area (Å²) in [7, 11) is 0. The first-order chi connectivity index (χ1) is 8.36. The van der Waals surface area contributed by atoms with Gasteiger partial charge < -0.3 is 15.4 Å². The number of ether oxygens (including phenoxy) is 1. The van der Waals surface area contributed by atoms with Gasteiger partial charge in [0.25, 0.3) is 0 Å². The molecule has 0 spiro atoms. The maximum Gasteiger partial charge on any atom is 0.191 e. The molecule has 0 aliphatic carbocycles. The quantitative estimate of drug-likeness (QED) is 0.454. The second-order valence-electron chi connectivity index (χ2n) is 4.74. The topological polar surface area (TPSA) is 54.1 Å². The fourth-order valence-corrected chi connectivity index (χ4v) is 2.35. The molecule has 2 aliphatic rings. The highest BCUT2D eigenvalue weighted by Gasteiger charge is 2.12. The maximum atomic E-state index is 6.00. The summed E-state index contributed by atoms with van der Waals surface area (Å²) in [4.78, 5) is 9.08. The number of piperidine rings is 1. The van der Waals surface area contributed by atoms with Gasteiger partial charge in [-0.2, -0.15) is 0 Å². The number of rotatable bonds is 3. The maximum absolute atomic E-state index is 6.00. The van der Waals surface area contributed by atoms with E-state index in [1.807, 2.05) is 0 Å². The molecule has 2 saturated heterocycles. The Morgan fingerprint density at radius 3 is 2.39 bits per heavy atom. The molecule has 106 valence electrons. The molecule has 0 amide bonds.